The predicted octanol–water partition coefficient (Wildman–Crippen LogP) is 2.25. The van der Waals surface area contributed by atoms with Gasteiger partial charge in [-0.05, 0) is 31.0 Å². The zero-order chi connectivity index (χ0) is 11.1. The molecular weight excluding hydrogens is 202 g/mol. The Morgan fingerprint density at radius 2 is 2.00 bits per heavy atom. The second-order valence-electron chi connectivity index (χ2n) is 3.22. The van der Waals surface area contributed by atoms with Gasteiger partial charge in [-0.3, -0.25) is 0 Å². The van der Waals surface area contributed by atoms with Gasteiger partial charge in [0.15, 0.2) is 0 Å². The van der Waals surface area contributed by atoms with Crippen LogP contribution in [0.1, 0.15) is 18.4 Å². The summed E-state index contributed by atoms with van der Waals surface area (Å²) < 4.78 is 30.9. The lowest BCUT2D eigenvalue weighted by Crippen LogP contribution is -1.99. The first kappa shape index (κ1) is 12.1. The van der Waals surface area contributed by atoms with Gasteiger partial charge in [0, 0.05) is 18.8 Å². The molecular formula is C11H14F2O2. The number of ether oxygens (including phenoxy) is 1. The molecule has 0 saturated heterocycles. The molecule has 0 aliphatic heterocycles. The molecule has 0 aromatic heterocycles. The quantitative estimate of drug-likeness (QED) is 0.739. The summed E-state index contributed by atoms with van der Waals surface area (Å²) in [6, 6.07) is 3.29. The Morgan fingerprint density at radius 3 is 2.73 bits per heavy atom. The van der Waals surface area contributed by atoms with E-state index < -0.39 is 11.6 Å². The first-order valence-electron chi connectivity index (χ1n) is 4.86. The summed E-state index contributed by atoms with van der Waals surface area (Å²) >= 11 is 0. The largest absolute Gasteiger partial charge is 0.396 e. The highest BCUT2D eigenvalue weighted by molar-refractivity contribution is 5.17. The van der Waals surface area contributed by atoms with Crippen molar-refractivity contribution in [2.45, 2.75) is 19.4 Å². The molecule has 0 heterocycles. The van der Waals surface area contributed by atoms with E-state index in [-0.39, 0.29) is 18.8 Å². The van der Waals surface area contributed by atoms with Gasteiger partial charge in [-0.25, -0.2) is 8.78 Å². The van der Waals surface area contributed by atoms with Crippen molar-refractivity contribution < 1.29 is 18.6 Å². The normalized spacial score (nSPS) is 10.6. The minimum absolute atomic E-state index is 0.0645. The highest BCUT2D eigenvalue weighted by atomic mass is 19.1. The molecule has 0 bridgehead atoms. The molecule has 0 aliphatic carbocycles. The second-order valence-corrected chi connectivity index (χ2v) is 3.22. The van der Waals surface area contributed by atoms with Gasteiger partial charge in [0.25, 0.3) is 0 Å². The molecule has 1 rings (SSSR count). The molecule has 0 aliphatic rings. The van der Waals surface area contributed by atoms with Crippen molar-refractivity contribution in [1.82, 2.24) is 0 Å². The Balaban J connectivity index is 2.33. The maximum Gasteiger partial charge on any atom is 0.128 e. The van der Waals surface area contributed by atoms with E-state index in [1.54, 1.807) is 0 Å². The van der Waals surface area contributed by atoms with Crippen LogP contribution in [0, 0.1) is 11.6 Å². The summed E-state index contributed by atoms with van der Waals surface area (Å²) in [5.74, 6) is -0.927. The van der Waals surface area contributed by atoms with Gasteiger partial charge in [0.05, 0.1) is 6.61 Å². The molecule has 2 nitrogen and oxygen atoms in total. The number of hydrogen-bond acceptors (Lipinski definition) is 2. The maximum absolute atomic E-state index is 13.1. The molecule has 0 saturated carbocycles. The van der Waals surface area contributed by atoms with E-state index in [9.17, 15) is 8.78 Å². The Labute approximate surface area is 87.5 Å². The minimum Gasteiger partial charge on any atom is -0.396 e. The molecule has 0 fully saturated rings. The number of halogens is 2. The van der Waals surface area contributed by atoms with Crippen molar-refractivity contribution >= 4 is 0 Å². The van der Waals surface area contributed by atoms with Gasteiger partial charge in [0.2, 0.25) is 0 Å². The summed E-state index contributed by atoms with van der Waals surface area (Å²) in [7, 11) is 0. The fourth-order valence-corrected chi connectivity index (χ4v) is 1.15. The zero-order valence-electron chi connectivity index (χ0n) is 8.38. The molecule has 1 aromatic carbocycles. The number of aliphatic hydroxyl groups excluding tert-OH is 1. The van der Waals surface area contributed by atoms with Crippen LogP contribution in [0.3, 0.4) is 0 Å². The fourth-order valence-electron chi connectivity index (χ4n) is 1.15. The van der Waals surface area contributed by atoms with Crippen molar-refractivity contribution in [2.75, 3.05) is 13.2 Å². The van der Waals surface area contributed by atoms with Crippen LogP contribution in [0.2, 0.25) is 0 Å². The number of unbranched alkanes of at least 4 members (excludes halogenated alkanes) is 1. The lowest BCUT2D eigenvalue weighted by Gasteiger charge is -2.05. The SMILES string of the molecule is OCCCCOCc1cc(F)ccc1F. The first-order valence-corrected chi connectivity index (χ1v) is 4.86. The summed E-state index contributed by atoms with van der Waals surface area (Å²) in [6.45, 7) is 0.628. The summed E-state index contributed by atoms with van der Waals surface area (Å²) in [4.78, 5) is 0. The maximum atomic E-state index is 13.1. The molecule has 1 N–H and O–H groups in total. The number of hydrogen-bond donors (Lipinski definition) is 1. The predicted molar refractivity (Wildman–Crippen MR) is 52.3 cm³/mol. The Morgan fingerprint density at radius 1 is 1.20 bits per heavy atom. The van der Waals surface area contributed by atoms with Crippen LogP contribution in [-0.2, 0) is 11.3 Å². The molecule has 0 radical (unpaired) electrons. The van der Waals surface area contributed by atoms with Crippen LogP contribution in [0.25, 0.3) is 0 Å². The van der Waals surface area contributed by atoms with Gasteiger partial charge in [0.1, 0.15) is 11.6 Å². The average Bonchev–Trinajstić information content (AvgIpc) is 2.23. The van der Waals surface area contributed by atoms with E-state index in [2.05, 4.69) is 0 Å². The third-order valence-corrected chi connectivity index (χ3v) is 1.96. The van der Waals surface area contributed by atoms with E-state index >= 15 is 0 Å². The van der Waals surface area contributed by atoms with Crippen LogP contribution in [0.5, 0.6) is 0 Å². The van der Waals surface area contributed by atoms with Crippen molar-refractivity contribution in [3.8, 4) is 0 Å². The van der Waals surface area contributed by atoms with Crippen LogP contribution in [0.15, 0.2) is 18.2 Å². The van der Waals surface area contributed by atoms with Crippen LogP contribution < -0.4 is 0 Å². The Kier molecular flexibility index (Phi) is 5.21. The highest BCUT2D eigenvalue weighted by Crippen LogP contribution is 2.10. The minimum atomic E-state index is -0.467. The zero-order valence-corrected chi connectivity index (χ0v) is 8.38. The molecule has 0 amide bonds. The number of rotatable bonds is 6. The Hall–Kier alpha value is -1.00. The van der Waals surface area contributed by atoms with Crippen molar-refractivity contribution in [1.29, 1.82) is 0 Å². The fraction of sp³-hybridized carbons (Fsp3) is 0.455. The van der Waals surface area contributed by atoms with E-state index in [1.807, 2.05) is 0 Å². The topological polar surface area (TPSA) is 29.5 Å². The van der Waals surface area contributed by atoms with Crippen LogP contribution >= 0.6 is 0 Å². The number of aliphatic hydroxyl groups is 1. The lowest BCUT2D eigenvalue weighted by atomic mass is 10.2. The van der Waals surface area contributed by atoms with Crippen LogP contribution in [0.4, 0.5) is 8.78 Å². The molecule has 84 valence electrons. The van der Waals surface area contributed by atoms with Crippen LogP contribution in [-0.4, -0.2) is 18.3 Å². The molecule has 15 heavy (non-hydrogen) atoms. The van der Waals surface area contributed by atoms with Crippen molar-refractivity contribution in [2.24, 2.45) is 0 Å². The van der Waals surface area contributed by atoms with Gasteiger partial charge >= 0.3 is 0 Å². The van der Waals surface area contributed by atoms with Gasteiger partial charge in [-0.15, -0.1) is 0 Å². The smallest absolute Gasteiger partial charge is 0.128 e. The average molecular weight is 216 g/mol. The summed E-state index contributed by atoms with van der Waals surface area (Å²) in [6.07, 6.45) is 1.37. The van der Waals surface area contributed by atoms with Crippen molar-refractivity contribution in [3.63, 3.8) is 0 Å². The molecule has 4 heteroatoms. The van der Waals surface area contributed by atoms with Gasteiger partial charge in [-0.1, -0.05) is 0 Å². The number of benzene rings is 1. The summed E-state index contributed by atoms with van der Waals surface area (Å²) in [5, 5.41) is 8.50. The van der Waals surface area contributed by atoms with Gasteiger partial charge < -0.3 is 9.84 Å². The third kappa shape index (κ3) is 4.36. The molecule has 0 atom stereocenters. The molecule has 0 spiro atoms. The van der Waals surface area contributed by atoms with E-state index in [4.69, 9.17) is 9.84 Å². The Bertz CT molecular complexity index is 303. The molecule has 0 unspecified atom stereocenters. The molecule has 1 aromatic rings. The highest BCUT2D eigenvalue weighted by Gasteiger charge is 2.03. The summed E-state index contributed by atoms with van der Waals surface area (Å²) in [5.41, 5.74) is 0.221. The lowest BCUT2D eigenvalue weighted by molar-refractivity contribution is 0.110. The van der Waals surface area contributed by atoms with Gasteiger partial charge in [-0.2, -0.15) is 0 Å². The first-order chi connectivity index (χ1) is 7.24. The van der Waals surface area contributed by atoms with E-state index in [1.165, 1.54) is 0 Å². The standard InChI is InChI=1S/C11H14F2O2/c12-10-3-4-11(13)9(7-10)8-15-6-2-1-5-14/h3-4,7,14H,1-2,5-6,8H2. The van der Waals surface area contributed by atoms with E-state index in [0.717, 1.165) is 18.2 Å². The van der Waals surface area contributed by atoms with Crippen molar-refractivity contribution in [3.05, 3.63) is 35.4 Å². The van der Waals surface area contributed by atoms with E-state index in [0.29, 0.717) is 19.4 Å². The monoisotopic (exact) mass is 216 g/mol. The second kappa shape index (κ2) is 6.48. The third-order valence-electron chi connectivity index (χ3n) is 1.96.